The third kappa shape index (κ3) is 41.3. The van der Waals surface area contributed by atoms with Gasteiger partial charge in [0.2, 0.25) is 76.8 Å². The van der Waals surface area contributed by atoms with Crippen LogP contribution in [-0.4, -0.2) is 309 Å². The summed E-state index contributed by atoms with van der Waals surface area (Å²) in [5, 5.41) is 39.8. The normalized spacial score (nSPS) is 15.4. The molecule has 0 bridgehead atoms. The van der Waals surface area contributed by atoms with Crippen LogP contribution in [0.5, 0.6) is 0 Å². The van der Waals surface area contributed by atoms with Gasteiger partial charge >= 0.3 is 18.0 Å². The highest BCUT2D eigenvalue weighted by molar-refractivity contribution is 5.94. The van der Waals surface area contributed by atoms with Crippen LogP contribution in [0, 0.1) is 35.0 Å². The molecule has 1 aliphatic heterocycles. The van der Waals surface area contributed by atoms with Crippen molar-refractivity contribution in [3.63, 3.8) is 0 Å². The average Bonchev–Trinajstić information content (AvgIpc) is 1.42. The van der Waals surface area contributed by atoms with Gasteiger partial charge in [-0.15, -0.1) is 0 Å². The zero-order valence-corrected chi connectivity index (χ0v) is 73.0. The van der Waals surface area contributed by atoms with Crippen molar-refractivity contribution in [3.05, 3.63) is 35.9 Å². The number of rotatable bonds is 58. The van der Waals surface area contributed by atoms with Crippen LogP contribution in [0.2, 0.25) is 0 Å². The maximum absolute atomic E-state index is 14.6. The fourth-order valence-electron chi connectivity index (χ4n) is 13.1. The van der Waals surface area contributed by atoms with Gasteiger partial charge in [-0.25, -0.2) is 14.4 Å². The first-order valence-electron chi connectivity index (χ1n) is 40.9. The largest absolute Gasteiger partial charge is 0.480 e. The molecule has 120 heavy (non-hydrogen) atoms. The van der Waals surface area contributed by atoms with E-state index in [1.165, 1.54) is 28.3 Å². The summed E-state index contributed by atoms with van der Waals surface area (Å²) in [5.74, 6) is -13.1. The summed E-state index contributed by atoms with van der Waals surface area (Å²) in [7, 11) is 9.65. The molecule has 13 N–H and O–H groups in total. The number of Topliss-reactive ketones (excluding diaryl/α,β-unsaturated/α-hetero) is 1. The number of carboxylic acids is 1. The van der Waals surface area contributed by atoms with Gasteiger partial charge in [0.05, 0.1) is 101 Å². The molecule has 0 aliphatic carbocycles. The summed E-state index contributed by atoms with van der Waals surface area (Å²) in [5.41, 5.74) is 0.687. The fourth-order valence-corrected chi connectivity index (χ4v) is 13.1. The van der Waals surface area contributed by atoms with Crippen molar-refractivity contribution in [1.29, 1.82) is 0 Å². The van der Waals surface area contributed by atoms with E-state index in [1.807, 2.05) is 81.3 Å². The monoisotopic (exact) mass is 1700 g/mol. The number of carboxylic acid groups (broad SMARTS) is 1. The first kappa shape index (κ1) is 106. The van der Waals surface area contributed by atoms with E-state index in [0.717, 1.165) is 5.56 Å². The van der Waals surface area contributed by atoms with Crippen LogP contribution in [0.15, 0.2) is 30.3 Å². The Morgan fingerprint density at radius 1 is 0.575 bits per heavy atom. The lowest BCUT2D eigenvalue weighted by Gasteiger charge is -2.41. The summed E-state index contributed by atoms with van der Waals surface area (Å²) in [6.45, 7) is 18.2. The average molecular weight is 1700 g/mol. The van der Waals surface area contributed by atoms with Crippen LogP contribution in [0.4, 0.5) is 4.79 Å². The number of benzene rings is 1. The highest BCUT2D eigenvalue weighted by atomic mass is 16.6. The third-order valence-corrected chi connectivity index (χ3v) is 19.7. The molecule has 2 rings (SSSR count). The Balaban J connectivity index is 1.89. The molecule has 39 nitrogen and oxygen atoms in total. The molecule has 0 aromatic heterocycles. The summed E-state index contributed by atoms with van der Waals surface area (Å²) in [4.78, 5) is 227. The number of methoxy groups -OCH3 is 3. The second-order valence-electron chi connectivity index (χ2n) is 31.9. The van der Waals surface area contributed by atoms with Gasteiger partial charge in [0, 0.05) is 99.6 Å². The van der Waals surface area contributed by atoms with E-state index in [0.29, 0.717) is 32.4 Å². The highest BCUT2D eigenvalue weighted by Crippen LogP contribution is 2.30. The number of likely N-dealkylation sites (tertiary alicyclic amines) is 1. The van der Waals surface area contributed by atoms with Crippen LogP contribution in [0.1, 0.15) is 152 Å². The van der Waals surface area contributed by atoms with E-state index in [2.05, 4.69) is 63.8 Å². The zero-order valence-electron chi connectivity index (χ0n) is 73.0. The molecule has 0 radical (unpaired) electrons. The van der Waals surface area contributed by atoms with Gasteiger partial charge in [-0.2, -0.15) is 0 Å². The standard InChI is InChI=1S/C81H135N15O24/c1-18-51(6)71(95(14)77(110)69(49(2)3)93-76(109)70(50(4)5)94(12)13)60(116-16)42-68(105)96-36-22-26-59(96)72(117-17)52(7)73(106)92-58(40-54-24-20-19-21-25-54)75(108)83-32-23-37-119-79(113)53(8)90-63(100)28-27-57(78(111)112)91-64(101)30-34-85-80(114)120-47-55(74(107)84-35-39-115-15)41-56(97)43-86-65(102)45-88-67(104)46-89-66(103)44-87-61(98)29-33-82-62(99)31-38-118-48-81(9,10)11/h19-21,24-25,49-53,55,57-60,69-72H,18,22-23,26-48H2,1-17H3,(H,82,99)(H,83,108)(H,84,107)(H,85,114)(H,86,102)(H,87,98)(H,88,104)(H,89,103)(H,90,100)(H,91,101)(H,92,106)(H,93,109)(H,111,112)/t51-,52+,53-,55-,57-,58-,59-,60+,69-,70-,71-,72+/m0/s1. The van der Waals surface area contributed by atoms with E-state index in [9.17, 15) is 86.6 Å². The van der Waals surface area contributed by atoms with Crippen molar-refractivity contribution < 1.29 is 115 Å². The number of alkyl carbamates (subject to hydrolysis) is 1. The first-order valence-corrected chi connectivity index (χ1v) is 40.9. The minimum atomic E-state index is -1.59. The van der Waals surface area contributed by atoms with Crippen molar-refractivity contribution in [3.8, 4) is 0 Å². The molecule has 678 valence electrons. The van der Waals surface area contributed by atoms with Gasteiger partial charge in [0.15, 0.2) is 5.78 Å². The molecule has 12 atom stereocenters. The Hall–Kier alpha value is -9.99. The maximum Gasteiger partial charge on any atom is 0.407 e. The van der Waals surface area contributed by atoms with E-state index in [4.69, 9.17) is 28.4 Å². The van der Waals surface area contributed by atoms with E-state index >= 15 is 0 Å². The van der Waals surface area contributed by atoms with Crippen molar-refractivity contribution in [2.45, 2.75) is 208 Å². The number of esters is 1. The summed E-state index contributed by atoms with van der Waals surface area (Å²) < 4.78 is 33.0. The Bertz CT molecular complexity index is 3480. The Morgan fingerprint density at radius 3 is 1.74 bits per heavy atom. The number of carbonyl (C=O) groups is 17. The predicted molar refractivity (Wildman–Crippen MR) is 439 cm³/mol. The van der Waals surface area contributed by atoms with Crippen LogP contribution in [0.3, 0.4) is 0 Å². The lowest BCUT2D eigenvalue weighted by molar-refractivity contribution is -0.148. The smallest absolute Gasteiger partial charge is 0.407 e. The minimum Gasteiger partial charge on any atom is -0.480 e. The fraction of sp³-hybridized carbons (Fsp3) is 0.716. The SMILES string of the molecule is CC[C@H](C)[C@@H]([C@@H](CC(=O)N1CCC[C@H]1[C@H](OC)[C@@H](C)C(=O)N[C@@H](Cc1ccccc1)C(=O)NCCCOC(=O)[C@H](C)NC(=O)CC[C@H](NC(=O)CCNC(=O)OC[C@H](CC(=O)CNC(=O)CNC(=O)CNC(=O)CNC(=O)CCNC(=O)CCOCC(C)(C)C)C(=O)NCCOC)C(=O)O)OC)N(C)C(=O)[C@@H](NC(=O)[C@H](C(C)C)N(C)C)C(C)C. The molecule has 1 aromatic carbocycles. The molecule has 1 heterocycles. The van der Waals surface area contributed by atoms with Gasteiger partial charge in [0.25, 0.3) is 0 Å². The molecule has 1 aliphatic rings. The number of aliphatic carboxylic acids is 1. The van der Waals surface area contributed by atoms with Crippen molar-refractivity contribution in [2.24, 2.45) is 35.0 Å². The Kier molecular flexibility index (Phi) is 50.0. The molecule has 39 heteroatoms. The second-order valence-corrected chi connectivity index (χ2v) is 31.9. The number of nitrogens with one attached hydrogen (secondary N) is 12. The maximum atomic E-state index is 14.6. The molecular formula is C81H135N15O24. The molecule has 1 fully saturated rings. The first-order chi connectivity index (χ1) is 56.6. The van der Waals surface area contributed by atoms with Gasteiger partial charge < -0.3 is 107 Å². The highest BCUT2D eigenvalue weighted by Gasteiger charge is 2.44. The Labute approximate surface area is 704 Å². The van der Waals surface area contributed by atoms with Crippen molar-refractivity contribution >= 4 is 101 Å². The van der Waals surface area contributed by atoms with Crippen LogP contribution in [0.25, 0.3) is 0 Å². The number of hydrogen-bond donors (Lipinski definition) is 13. The van der Waals surface area contributed by atoms with E-state index < -0.39 is 208 Å². The molecule has 1 saturated heterocycles. The summed E-state index contributed by atoms with van der Waals surface area (Å²) >= 11 is 0. The second kappa shape index (κ2) is 56.5. The number of hydrogen-bond acceptors (Lipinski definition) is 24. The van der Waals surface area contributed by atoms with Crippen LogP contribution < -0.4 is 63.8 Å². The lowest BCUT2D eigenvalue weighted by Crippen LogP contribution is -2.59. The zero-order chi connectivity index (χ0) is 90.4. The third-order valence-electron chi connectivity index (χ3n) is 19.7. The molecule has 1 aromatic rings. The number of amides is 14. The predicted octanol–water partition coefficient (Wildman–Crippen LogP) is -0.857. The lowest BCUT2D eigenvalue weighted by atomic mass is 9.89. The quantitative estimate of drug-likeness (QED) is 0.0279. The van der Waals surface area contributed by atoms with Crippen molar-refractivity contribution in [1.82, 2.24) is 78.5 Å². The number of ether oxygens (including phenoxy) is 6. The topological polar surface area (TPSA) is 520 Å². The minimum absolute atomic E-state index is 0.00875. The number of nitrogens with zero attached hydrogens (tertiary/aromatic N) is 3. The van der Waals surface area contributed by atoms with E-state index in [-0.39, 0.29) is 118 Å². The number of likely N-dealkylation sites (N-methyl/N-ethyl adjacent to an activating group) is 2. The van der Waals surface area contributed by atoms with E-state index in [1.54, 1.807) is 54.1 Å². The van der Waals surface area contributed by atoms with Crippen LogP contribution in [-0.2, 0) is 112 Å². The van der Waals surface area contributed by atoms with Gasteiger partial charge in [-0.05, 0) is 75.4 Å². The van der Waals surface area contributed by atoms with Crippen molar-refractivity contribution in [2.75, 3.05) is 134 Å². The Morgan fingerprint density at radius 2 is 1.17 bits per heavy atom. The van der Waals surface area contributed by atoms with Gasteiger partial charge in [-0.1, -0.05) is 106 Å². The van der Waals surface area contributed by atoms with Gasteiger partial charge in [-0.3, -0.25) is 72.0 Å². The van der Waals surface area contributed by atoms with Crippen LogP contribution >= 0.6 is 0 Å². The number of ketones is 1. The summed E-state index contributed by atoms with van der Waals surface area (Å²) in [6, 6.07) is 2.65. The number of carbonyl (C=O) groups excluding carboxylic acids is 16. The molecular weight excluding hydrogens is 1570 g/mol. The summed E-state index contributed by atoms with van der Waals surface area (Å²) in [6.07, 6.45) is -2.75. The van der Waals surface area contributed by atoms with Gasteiger partial charge in [0.1, 0.15) is 30.8 Å². The molecule has 0 spiro atoms. The molecule has 14 amide bonds. The molecule has 0 unspecified atom stereocenters. The molecule has 0 saturated carbocycles.